The fourth-order valence-electron chi connectivity index (χ4n) is 2.69. The highest BCUT2D eigenvalue weighted by Crippen LogP contribution is 2.27. The molecule has 0 aromatic carbocycles. The highest BCUT2D eigenvalue weighted by Gasteiger charge is 2.24. The third-order valence-corrected chi connectivity index (χ3v) is 3.95. The van der Waals surface area contributed by atoms with Gasteiger partial charge in [-0.3, -0.25) is 0 Å². The van der Waals surface area contributed by atoms with Gasteiger partial charge in [0.15, 0.2) is 0 Å². The van der Waals surface area contributed by atoms with Crippen LogP contribution in [0, 0.1) is 12.8 Å². The van der Waals surface area contributed by atoms with Crippen molar-refractivity contribution < 1.29 is 4.74 Å². The van der Waals surface area contributed by atoms with Gasteiger partial charge in [0.25, 0.3) is 0 Å². The molecular weight excluding hydrogens is 226 g/mol. The first-order chi connectivity index (χ1) is 8.61. The summed E-state index contributed by atoms with van der Waals surface area (Å²) >= 11 is 0. The van der Waals surface area contributed by atoms with E-state index in [1.54, 1.807) is 13.3 Å². The van der Waals surface area contributed by atoms with Crippen LogP contribution in [0.5, 0.6) is 0 Å². The molecule has 0 aliphatic carbocycles. The Hall–Kier alpha value is -1.29. The second-order valence-corrected chi connectivity index (χ2v) is 5.17. The standard InChI is InChI=1S/C14H23N3O/c1-10-8-13(15)9-16-14(10)17-6-4-12(5-7-17)11(2)18-3/h8-9,11-12H,4-7,15H2,1-3H3/t11-/m0/s1. The molecular formula is C14H23N3O. The quantitative estimate of drug-likeness (QED) is 0.892. The zero-order valence-corrected chi connectivity index (χ0v) is 11.5. The molecule has 0 bridgehead atoms. The Morgan fingerprint density at radius 2 is 2.11 bits per heavy atom. The first kappa shape index (κ1) is 13.1. The van der Waals surface area contributed by atoms with Gasteiger partial charge in [-0.1, -0.05) is 0 Å². The van der Waals surface area contributed by atoms with Crippen molar-refractivity contribution in [3.63, 3.8) is 0 Å². The summed E-state index contributed by atoms with van der Waals surface area (Å²) in [6, 6.07) is 1.99. The van der Waals surface area contributed by atoms with Crippen molar-refractivity contribution in [3.8, 4) is 0 Å². The molecule has 4 heteroatoms. The fraction of sp³-hybridized carbons (Fsp3) is 0.643. The molecule has 18 heavy (non-hydrogen) atoms. The largest absolute Gasteiger partial charge is 0.397 e. The van der Waals surface area contributed by atoms with Crippen molar-refractivity contribution in [2.75, 3.05) is 30.8 Å². The number of aryl methyl sites for hydroxylation is 1. The van der Waals surface area contributed by atoms with E-state index >= 15 is 0 Å². The number of piperidine rings is 1. The molecule has 0 amide bonds. The van der Waals surface area contributed by atoms with E-state index in [4.69, 9.17) is 10.5 Å². The van der Waals surface area contributed by atoms with Crippen LogP contribution < -0.4 is 10.6 Å². The van der Waals surface area contributed by atoms with Crippen LogP contribution in [-0.2, 0) is 4.74 Å². The molecule has 100 valence electrons. The summed E-state index contributed by atoms with van der Waals surface area (Å²) in [5.41, 5.74) is 7.64. The lowest BCUT2D eigenvalue weighted by atomic mass is 9.92. The summed E-state index contributed by atoms with van der Waals surface area (Å²) in [5.74, 6) is 1.74. The molecule has 1 aliphatic rings. The number of methoxy groups -OCH3 is 1. The number of ether oxygens (including phenoxy) is 1. The number of aromatic nitrogens is 1. The van der Waals surface area contributed by atoms with Crippen molar-refractivity contribution in [2.45, 2.75) is 32.8 Å². The predicted octanol–water partition coefficient (Wildman–Crippen LogP) is 2.22. The minimum Gasteiger partial charge on any atom is -0.397 e. The Labute approximate surface area is 109 Å². The third kappa shape index (κ3) is 2.75. The van der Waals surface area contributed by atoms with E-state index in [0.717, 1.165) is 30.2 Å². The normalized spacial score (nSPS) is 18.9. The highest BCUT2D eigenvalue weighted by molar-refractivity contribution is 5.52. The third-order valence-electron chi connectivity index (χ3n) is 3.95. The van der Waals surface area contributed by atoms with Gasteiger partial charge in [-0.25, -0.2) is 4.98 Å². The average Bonchev–Trinajstić information content (AvgIpc) is 2.38. The Balaban J connectivity index is 2.01. The van der Waals surface area contributed by atoms with Crippen LogP contribution in [0.4, 0.5) is 11.5 Å². The molecule has 1 fully saturated rings. The first-order valence-corrected chi connectivity index (χ1v) is 6.61. The van der Waals surface area contributed by atoms with Crippen molar-refractivity contribution in [2.24, 2.45) is 5.92 Å². The van der Waals surface area contributed by atoms with E-state index in [1.807, 2.05) is 6.07 Å². The zero-order valence-electron chi connectivity index (χ0n) is 11.5. The minimum atomic E-state index is 0.354. The van der Waals surface area contributed by atoms with Gasteiger partial charge >= 0.3 is 0 Å². The smallest absolute Gasteiger partial charge is 0.131 e. The highest BCUT2D eigenvalue weighted by atomic mass is 16.5. The summed E-state index contributed by atoms with van der Waals surface area (Å²) in [7, 11) is 1.79. The van der Waals surface area contributed by atoms with Gasteiger partial charge < -0.3 is 15.4 Å². The van der Waals surface area contributed by atoms with Crippen LogP contribution in [-0.4, -0.2) is 31.3 Å². The molecule has 2 rings (SSSR count). The lowest BCUT2D eigenvalue weighted by Crippen LogP contribution is -2.38. The van der Waals surface area contributed by atoms with Crippen molar-refractivity contribution in [1.82, 2.24) is 4.98 Å². The zero-order chi connectivity index (χ0) is 13.1. The second-order valence-electron chi connectivity index (χ2n) is 5.17. The van der Waals surface area contributed by atoms with Crippen molar-refractivity contribution in [3.05, 3.63) is 17.8 Å². The van der Waals surface area contributed by atoms with Crippen LogP contribution >= 0.6 is 0 Å². The Morgan fingerprint density at radius 3 is 2.67 bits per heavy atom. The first-order valence-electron chi connectivity index (χ1n) is 6.61. The Kier molecular flexibility index (Phi) is 4.07. The maximum atomic E-state index is 5.74. The molecule has 0 radical (unpaired) electrons. The summed E-state index contributed by atoms with van der Waals surface area (Å²) in [4.78, 5) is 6.82. The van der Waals surface area contributed by atoms with E-state index in [1.165, 1.54) is 12.8 Å². The van der Waals surface area contributed by atoms with Crippen LogP contribution in [0.15, 0.2) is 12.3 Å². The molecule has 4 nitrogen and oxygen atoms in total. The monoisotopic (exact) mass is 249 g/mol. The SMILES string of the molecule is CO[C@@H](C)C1CCN(c2ncc(N)cc2C)CC1. The van der Waals surface area contributed by atoms with Crippen LogP contribution in [0.1, 0.15) is 25.3 Å². The number of nitrogen functional groups attached to an aromatic ring is 1. The molecule has 0 saturated carbocycles. The average molecular weight is 249 g/mol. The van der Waals surface area contributed by atoms with Gasteiger partial charge in [0.05, 0.1) is 18.0 Å². The molecule has 1 aromatic rings. The number of anilines is 2. The molecule has 2 heterocycles. The number of nitrogens with zero attached hydrogens (tertiary/aromatic N) is 2. The van der Waals surface area contributed by atoms with Crippen molar-refractivity contribution in [1.29, 1.82) is 0 Å². The number of pyridine rings is 1. The maximum absolute atomic E-state index is 5.74. The number of nitrogens with two attached hydrogens (primary N) is 1. The number of hydrogen-bond donors (Lipinski definition) is 1. The Morgan fingerprint density at radius 1 is 1.44 bits per heavy atom. The molecule has 1 atom stereocenters. The van der Waals surface area contributed by atoms with E-state index in [2.05, 4.69) is 23.7 Å². The van der Waals surface area contributed by atoms with E-state index in [-0.39, 0.29) is 0 Å². The Bertz CT molecular complexity index is 400. The summed E-state index contributed by atoms with van der Waals surface area (Å²) < 4.78 is 5.42. The summed E-state index contributed by atoms with van der Waals surface area (Å²) in [5, 5.41) is 0. The topological polar surface area (TPSA) is 51.4 Å². The fourth-order valence-corrected chi connectivity index (χ4v) is 2.69. The minimum absolute atomic E-state index is 0.354. The number of rotatable bonds is 3. The van der Waals surface area contributed by atoms with Gasteiger partial charge in [-0.05, 0) is 44.2 Å². The van der Waals surface area contributed by atoms with Gasteiger partial charge in [-0.2, -0.15) is 0 Å². The van der Waals surface area contributed by atoms with Crippen LogP contribution in [0.2, 0.25) is 0 Å². The molecule has 1 saturated heterocycles. The maximum Gasteiger partial charge on any atom is 0.131 e. The molecule has 0 unspecified atom stereocenters. The summed E-state index contributed by atoms with van der Waals surface area (Å²) in [6.07, 6.45) is 4.43. The van der Waals surface area contributed by atoms with Crippen LogP contribution in [0.3, 0.4) is 0 Å². The van der Waals surface area contributed by atoms with E-state index in [0.29, 0.717) is 12.0 Å². The van der Waals surface area contributed by atoms with E-state index < -0.39 is 0 Å². The predicted molar refractivity (Wildman–Crippen MR) is 74.8 cm³/mol. The van der Waals surface area contributed by atoms with Crippen LogP contribution in [0.25, 0.3) is 0 Å². The van der Waals surface area contributed by atoms with Gasteiger partial charge in [0.2, 0.25) is 0 Å². The lowest BCUT2D eigenvalue weighted by Gasteiger charge is -2.35. The number of hydrogen-bond acceptors (Lipinski definition) is 4. The van der Waals surface area contributed by atoms with Crippen molar-refractivity contribution >= 4 is 11.5 Å². The lowest BCUT2D eigenvalue weighted by molar-refractivity contribution is 0.0564. The molecule has 0 spiro atoms. The van der Waals surface area contributed by atoms with Gasteiger partial charge in [0.1, 0.15) is 5.82 Å². The summed E-state index contributed by atoms with van der Waals surface area (Å²) in [6.45, 7) is 6.34. The second kappa shape index (κ2) is 5.57. The molecule has 2 N–H and O–H groups in total. The van der Waals surface area contributed by atoms with Gasteiger partial charge in [0, 0.05) is 20.2 Å². The molecule has 1 aliphatic heterocycles. The van der Waals surface area contributed by atoms with E-state index in [9.17, 15) is 0 Å². The molecule has 1 aromatic heterocycles. The van der Waals surface area contributed by atoms with Gasteiger partial charge in [-0.15, -0.1) is 0 Å².